The number of hydrogen-bond donors (Lipinski definition) is 0. The molecule has 0 aliphatic heterocycles. The molecule has 41 heavy (non-hydrogen) atoms. The second-order valence-electron chi connectivity index (χ2n) is 12.1. The van der Waals surface area contributed by atoms with Crippen LogP contribution in [0.3, 0.4) is 0 Å². The normalized spacial score (nSPS) is 11.7. The van der Waals surface area contributed by atoms with Crippen molar-refractivity contribution in [2.45, 2.75) is 194 Å². The highest BCUT2D eigenvalue weighted by atomic mass is 16.2. The van der Waals surface area contributed by atoms with Crippen molar-refractivity contribution >= 4 is 11.8 Å². The summed E-state index contributed by atoms with van der Waals surface area (Å²) < 4.78 is 0. The Kier molecular flexibility index (Phi) is 32.0. The molecule has 2 amide bonds. The molecule has 0 saturated heterocycles. The van der Waals surface area contributed by atoms with Gasteiger partial charge in [0.15, 0.2) is 0 Å². The van der Waals surface area contributed by atoms with Crippen LogP contribution in [0.4, 0.5) is 0 Å². The van der Waals surface area contributed by atoms with E-state index in [1.807, 2.05) is 0 Å². The first-order valence-electron chi connectivity index (χ1n) is 18.1. The Morgan fingerprint density at radius 2 is 0.707 bits per heavy atom. The van der Waals surface area contributed by atoms with Crippen LogP contribution in [0, 0.1) is 6.92 Å². The number of unbranched alkanes of at least 4 members (excludes halogenated alkanes) is 22. The number of carbonyl (C=O) groups is 2. The lowest BCUT2D eigenvalue weighted by molar-refractivity contribution is -0.144. The highest BCUT2D eigenvalue weighted by Gasteiger charge is 2.18. The van der Waals surface area contributed by atoms with Gasteiger partial charge in [-0.1, -0.05) is 141 Å². The highest BCUT2D eigenvalue weighted by molar-refractivity contribution is 5.95. The van der Waals surface area contributed by atoms with Crippen molar-refractivity contribution in [2.75, 3.05) is 6.54 Å². The molecule has 0 aliphatic rings. The number of hydrogen-bond acceptors (Lipinski definition) is 2. The summed E-state index contributed by atoms with van der Waals surface area (Å²) in [6.45, 7) is 8.64. The molecule has 3 heteroatoms. The second-order valence-corrected chi connectivity index (χ2v) is 12.1. The van der Waals surface area contributed by atoms with E-state index in [2.05, 4.69) is 45.1 Å². The molecule has 0 rings (SSSR count). The average molecular weight is 573 g/mol. The van der Waals surface area contributed by atoms with Crippen LogP contribution >= 0.6 is 0 Å². The number of imide groups is 1. The fourth-order valence-corrected chi connectivity index (χ4v) is 5.35. The van der Waals surface area contributed by atoms with Gasteiger partial charge in [0.1, 0.15) is 0 Å². The van der Waals surface area contributed by atoms with Gasteiger partial charge >= 0.3 is 0 Å². The molecule has 239 valence electrons. The Morgan fingerprint density at radius 3 is 1.00 bits per heavy atom. The molecule has 0 atom stereocenters. The van der Waals surface area contributed by atoms with Gasteiger partial charge in [0, 0.05) is 19.4 Å². The first kappa shape index (κ1) is 39.6. The predicted molar refractivity (Wildman–Crippen MR) is 181 cm³/mol. The molecule has 0 unspecified atom stereocenters. The summed E-state index contributed by atoms with van der Waals surface area (Å²) >= 11 is 0. The third-order valence-corrected chi connectivity index (χ3v) is 8.13. The van der Waals surface area contributed by atoms with E-state index in [1.165, 1.54) is 146 Å². The van der Waals surface area contributed by atoms with Gasteiger partial charge in [-0.25, -0.2) is 0 Å². The van der Waals surface area contributed by atoms with Crippen LogP contribution in [0.15, 0.2) is 24.3 Å². The van der Waals surface area contributed by atoms with Crippen LogP contribution in [-0.2, 0) is 9.59 Å². The zero-order chi connectivity index (χ0) is 30.1. The van der Waals surface area contributed by atoms with Gasteiger partial charge in [0.25, 0.3) is 0 Å². The number of allylic oxidation sites excluding steroid dienone is 4. The van der Waals surface area contributed by atoms with Crippen molar-refractivity contribution in [2.24, 2.45) is 0 Å². The van der Waals surface area contributed by atoms with E-state index in [-0.39, 0.29) is 18.4 Å². The summed E-state index contributed by atoms with van der Waals surface area (Å²) in [5.41, 5.74) is 0. The van der Waals surface area contributed by atoms with Gasteiger partial charge in [0.05, 0.1) is 0 Å². The van der Waals surface area contributed by atoms with E-state index in [9.17, 15) is 9.59 Å². The summed E-state index contributed by atoms with van der Waals surface area (Å²) in [6.07, 6.45) is 42.8. The van der Waals surface area contributed by atoms with E-state index >= 15 is 0 Å². The van der Waals surface area contributed by atoms with E-state index in [0.717, 1.165) is 25.7 Å². The van der Waals surface area contributed by atoms with Crippen molar-refractivity contribution in [1.29, 1.82) is 0 Å². The Hall–Kier alpha value is -1.38. The average Bonchev–Trinajstić information content (AvgIpc) is 2.97. The number of amides is 2. The molecule has 0 fully saturated rings. The molecule has 0 aliphatic carbocycles. The lowest BCUT2D eigenvalue weighted by Gasteiger charge is -2.19. The van der Waals surface area contributed by atoms with Crippen molar-refractivity contribution in [1.82, 2.24) is 4.90 Å². The minimum Gasteiger partial charge on any atom is -0.283 e. The molecule has 0 aromatic heterocycles. The van der Waals surface area contributed by atoms with E-state index in [1.54, 1.807) is 0 Å². The van der Waals surface area contributed by atoms with Gasteiger partial charge < -0.3 is 0 Å². The first-order chi connectivity index (χ1) is 20.2. The monoisotopic (exact) mass is 573 g/mol. The van der Waals surface area contributed by atoms with Crippen LogP contribution in [-0.4, -0.2) is 23.3 Å². The minimum atomic E-state index is -0.0321. The fourth-order valence-electron chi connectivity index (χ4n) is 5.35. The molecule has 0 heterocycles. The van der Waals surface area contributed by atoms with E-state index in [4.69, 9.17) is 0 Å². The third kappa shape index (κ3) is 28.5. The summed E-state index contributed by atoms with van der Waals surface area (Å²) in [5.74, 6) is -0.0641. The fraction of sp³-hybridized carbons (Fsp3) is 0.816. The SMILES string of the molecule is [CH2]CN(C(=O)CCCCCCC/C=C\CCCCCCCC)C(=O)CCCCCCC/C=C\CCCCCCCC. The summed E-state index contributed by atoms with van der Waals surface area (Å²) in [6, 6.07) is 0. The Bertz CT molecular complexity index is 572. The zero-order valence-corrected chi connectivity index (χ0v) is 27.8. The third-order valence-electron chi connectivity index (χ3n) is 8.13. The van der Waals surface area contributed by atoms with Crippen LogP contribution < -0.4 is 0 Å². The van der Waals surface area contributed by atoms with E-state index < -0.39 is 0 Å². The van der Waals surface area contributed by atoms with Crippen LogP contribution in [0.5, 0.6) is 0 Å². The van der Waals surface area contributed by atoms with Crippen molar-refractivity contribution in [3.63, 3.8) is 0 Å². The smallest absolute Gasteiger partial charge is 0.229 e. The molecule has 0 bridgehead atoms. The lowest BCUT2D eigenvalue weighted by atomic mass is 10.1. The van der Waals surface area contributed by atoms with E-state index in [0.29, 0.717) is 12.8 Å². The lowest BCUT2D eigenvalue weighted by Crippen LogP contribution is -2.36. The molecule has 1 radical (unpaired) electrons. The van der Waals surface area contributed by atoms with Gasteiger partial charge in [-0.15, -0.1) is 0 Å². The number of nitrogens with zero attached hydrogens (tertiary/aromatic N) is 1. The van der Waals surface area contributed by atoms with Crippen LogP contribution in [0.1, 0.15) is 194 Å². The second kappa shape index (κ2) is 33.1. The van der Waals surface area contributed by atoms with Crippen molar-refractivity contribution < 1.29 is 9.59 Å². The maximum atomic E-state index is 12.6. The molecule has 0 spiro atoms. The topological polar surface area (TPSA) is 37.4 Å². The first-order valence-corrected chi connectivity index (χ1v) is 18.1. The maximum Gasteiger partial charge on any atom is 0.229 e. The van der Waals surface area contributed by atoms with Crippen molar-refractivity contribution in [3.8, 4) is 0 Å². The highest BCUT2D eigenvalue weighted by Crippen LogP contribution is 2.13. The summed E-state index contributed by atoms with van der Waals surface area (Å²) in [4.78, 5) is 26.5. The Labute approximate surface area is 257 Å². The van der Waals surface area contributed by atoms with Gasteiger partial charge in [0.2, 0.25) is 11.8 Å². The largest absolute Gasteiger partial charge is 0.283 e. The van der Waals surface area contributed by atoms with Crippen LogP contribution in [0.2, 0.25) is 0 Å². The van der Waals surface area contributed by atoms with Gasteiger partial charge in [-0.05, 0) is 71.1 Å². The molecule has 0 aromatic carbocycles. The molecule has 0 N–H and O–H groups in total. The molecular weight excluding hydrogens is 502 g/mol. The molecular formula is C38H70NO2. The van der Waals surface area contributed by atoms with Gasteiger partial charge in [-0.3, -0.25) is 14.5 Å². The number of carbonyl (C=O) groups excluding carboxylic acids is 2. The van der Waals surface area contributed by atoms with Crippen LogP contribution in [0.25, 0.3) is 0 Å². The van der Waals surface area contributed by atoms with Crippen molar-refractivity contribution in [3.05, 3.63) is 31.2 Å². The Morgan fingerprint density at radius 1 is 0.439 bits per heavy atom. The minimum absolute atomic E-state index is 0.0321. The predicted octanol–water partition coefficient (Wildman–Crippen LogP) is 12.3. The molecule has 3 nitrogen and oxygen atoms in total. The molecule has 0 aromatic rings. The quantitative estimate of drug-likeness (QED) is 0.0612. The summed E-state index contributed by atoms with van der Waals surface area (Å²) in [7, 11) is 0. The Balaban J connectivity index is 3.63. The number of rotatable bonds is 31. The van der Waals surface area contributed by atoms with Gasteiger partial charge in [-0.2, -0.15) is 0 Å². The molecule has 0 saturated carbocycles. The summed E-state index contributed by atoms with van der Waals surface area (Å²) in [5, 5.41) is 0. The maximum absolute atomic E-state index is 12.6. The standard InChI is InChI=1S/C38H70NO2/c1-4-7-9-11-13-15-17-19-21-23-25-27-29-31-33-35-37(40)39(6-3)38(41)36-34-32-30-28-26-24-22-20-18-16-14-12-10-8-5-2/h19-22H,3-18,23-36H2,1-2H3/b21-19-,22-20-. The zero-order valence-electron chi connectivity index (χ0n) is 27.8.